The summed E-state index contributed by atoms with van der Waals surface area (Å²) < 4.78 is 11.5. The Hall–Kier alpha value is -1.56. The molecule has 1 aliphatic carbocycles. The van der Waals surface area contributed by atoms with Crippen LogP contribution in [0, 0.1) is 0 Å². The first-order valence-corrected chi connectivity index (χ1v) is 10.9. The summed E-state index contributed by atoms with van der Waals surface area (Å²) in [6.07, 6.45) is 7.09. The van der Waals surface area contributed by atoms with E-state index < -0.39 is 0 Å². The van der Waals surface area contributed by atoms with Crippen LogP contribution in [0.25, 0.3) is 0 Å². The maximum absolute atomic E-state index is 5.90. The van der Waals surface area contributed by atoms with Crippen LogP contribution in [0.2, 0.25) is 0 Å². The highest BCUT2D eigenvalue weighted by Gasteiger charge is 2.25. The number of rotatable bonds is 6. The van der Waals surface area contributed by atoms with Crippen LogP contribution in [0.5, 0.6) is 11.5 Å². The number of ether oxygens (including phenoxy) is 2. The number of fused-ring (bicyclic) bond motifs is 1. The molecule has 2 N–H and O–H groups in total. The van der Waals surface area contributed by atoms with Gasteiger partial charge in [0.2, 0.25) is 0 Å². The van der Waals surface area contributed by atoms with E-state index in [4.69, 9.17) is 14.5 Å². The molecule has 1 saturated carbocycles. The van der Waals surface area contributed by atoms with E-state index in [9.17, 15) is 0 Å². The summed E-state index contributed by atoms with van der Waals surface area (Å²) in [6, 6.07) is 4.70. The second kappa shape index (κ2) is 8.89. The third kappa shape index (κ3) is 4.58. The van der Waals surface area contributed by atoms with Crippen molar-refractivity contribution in [2.24, 2.45) is 4.99 Å². The number of hydrogen-bond acceptors (Lipinski definition) is 4. The molecule has 0 radical (unpaired) electrons. The summed E-state index contributed by atoms with van der Waals surface area (Å²) in [5.74, 6) is 2.75. The van der Waals surface area contributed by atoms with E-state index in [1.54, 1.807) is 7.11 Å². The lowest BCUT2D eigenvalue weighted by molar-refractivity contribution is 0.254. The Bertz CT molecular complexity index is 650. The second-order valence-electron chi connectivity index (χ2n) is 7.11. The molecule has 5 nitrogen and oxygen atoms in total. The molecule has 1 aromatic carbocycles. The molecule has 0 amide bonds. The number of nitrogens with one attached hydrogen (secondary N) is 2. The van der Waals surface area contributed by atoms with Crippen molar-refractivity contribution in [3.8, 4) is 11.5 Å². The van der Waals surface area contributed by atoms with Gasteiger partial charge in [-0.15, -0.1) is 0 Å². The van der Waals surface area contributed by atoms with Gasteiger partial charge in [0.15, 0.2) is 5.96 Å². The third-order valence-electron chi connectivity index (χ3n) is 5.11. The van der Waals surface area contributed by atoms with Crippen molar-refractivity contribution < 1.29 is 9.47 Å². The highest BCUT2D eigenvalue weighted by atomic mass is 32.2. The molecule has 3 rings (SSSR count). The zero-order chi connectivity index (χ0) is 18.5. The first-order chi connectivity index (χ1) is 12.6. The van der Waals surface area contributed by atoms with Gasteiger partial charge in [-0.3, -0.25) is 0 Å². The Morgan fingerprint density at radius 1 is 1.38 bits per heavy atom. The number of hydrogen-bond donors (Lipinski definition) is 2. The van der Waals surface area contributed by atoms with Gasteiger partial charge >= 0.3 is 0 Å². The molecule has 0 spiro atoms. The fraction of sp³-hybridized carbons (Fsp3) is 0.650. The van der Waals surface area contributed by atoms with Crippen molar-refractivity contribution >= 4 is 17.7 Å². The number of benzene rings is 1. The average molecular weight is 378 g/mol. The van der Waals surface area contributed by atoms with Crippen molar-refractivity contribution in [2.45, 2.75) is 63.5 Å². The minimum atomic E-state index is 0.235. The van der Waals surface area contributed by atoms with E-state index >= 15 is 0 Å². The lowest BCUT2D eigenvalue weighted by Gasteiger charge is -2.17. The van der Waals surface area contributed by atoms with E-state index in [1.807, 2.05) is 11.8 Å². The Kier molecular flexibility index (Phi) is 6.57. The predicted molar refractivity (Wildman–Crippen MR) is 110 cm³/mol. The monoisotopic (exact) mass is 377 g/mol. The first kappa shape index (κ1) is 19.2. The molecule has 3 unspecified atom stereocenters. The van der Waals surface area contributed by atoms with Gasteiger partial charge in [-0.25, -0.2) is 4.99 Å². The predicted octanol–water partition coefficient (Wildman–Crippen LogP) is 3.36. The van der Waals surface area contributed by atoms with Crippen LogP contribution < -0.4 is 20.1 Å². The van der Waals surface area contributed by atoms with Crippen LogP contribution >= 0.6 is 11.8 Å². The van der Waals surface area contributed by atoms with Crippen molar-refractivity contribution in [2.75, 3.05) is 19.9 Å². The fourth-order valence-electron chi connectivity index (χ4n) is 3.76. The highest BCUT2D eigenvalue weighted by Crippen LogP contribution is 2.35. The van der Waals surface area contributed by atoms with Gasteiger partial charge in [0, 0.05) is 35.4 Å². The van der Waals surface area contributed by atoms with E-state index in [1.165, 1.54) is 24.8 Å². The number of methoxy groups -OCH3 is 1. The quantitative estimate of drug-likeness (QED) is 0.588. The minimum Gasteiger partial charge on any atom is -0.496 e. The Morgan fingerprint density at radius 3 is 2.92 bits per heavy atom. The maximum atomic E-state index is 5.90. The van der Waals surface area contributed by atoms with E-state index in [0.717, 1.165) is 41.2 Å². The van der Waals surface area contributed by atoms with Crippen molar-refractivity contribution in [3.05, 3.63) is 23.3 Å². The molecule has 0 bridgehead atoms. The van der Waals surface area contributed by atoms with E-state index in [2.05, 4.69) is 42.9 Å². The standard InChI is InChI=1S/C20H31N3O2S/c1-5-21-20(23-16-6-7-17(11-16)26-4)22-12-15-10-19-14(8-13(2)25-19)9-18(15)24-3/h9-10,13,16-17H,5-8,11-12H2,1-4H3,(H2,21,22,23). The van der Waals surface area contributed by atoms with Gasteiger partial charge in [-0.05, 0) is 51.5 Å². The molecule has 1 aliphatic heterocycles. The normalized spacial score (nSPS) is 24.9. The van der Waals surface area contributed by atoms with Crippen molar-refractivity contribution in [1.29, 1.82) is 0 Å². The lowest BCUT2D eigenvalue weighted by atomic mass is 10.1. The number of guanidine groups is 1. The molecule has 0 aromatic heterocycles. The van der Waals surface area contributed by atoms with E-state index in [-0.39, 0.29) is 6.10 Å². The largest absolute Gasteiger partial charge is 0.496 e. The van der Waals surface area contributed by atoms with Gasteiger partial charge in [0.05, 0.1) is 13.7 Å². The average Bonchev–Trinajstić information content (AvgIpc) is 3.23. The molecule has 2 aliphatic rings. The topological polar surface area (TPSA) is 54.9 Å². The van der Waals surface area contributed by atoms with Crippen molar-refractivity contribution in [1.82, 2.24) is 10.6 Å². The van der Waals surface area contributed by atoms with Gasteiger partial charge in [0.1, 0.15) is 17.6 Å². The molecule has 6 heteroatoms. The zero-order valence-corrected chi connectivity index (χ0v) is 17.1. The first-order valence-electron chi connectivity index (χ1n) is 9.57. The molecule has 1 heterocycles. The molecule has 0 saturated heterocycles. The van der Waals surface area contributed by atoms with Gasteiger partial charge in [-0.1, -0.05) is 0 Å². The van der Waals surface area contributed by atoms with Crippen LogP contribution in [0.3, 0.4) is 0 Å². The second-order valence-corrected chi connectivity index (χ2v) is 8.25. The third-order valence-corrected chi connectivity index (χ3v) is 6.20. The minimum absolute atomic E-state index is 0.235. The summed E-state index contributed by atoms with van der Waals surface area (Å²) >= 11 is 1.97. The smallest absolute Gasteiger partial charge is 0.191 e. The fourth-order valence-corrected chi connectivity index (χ4v) is 4.55. The van der Waals surface area contributed by atoms with Crippen LogP contribution in [0.4, 0.5) is 0 Å². The zero-order valence-electron chi connectivity index (χ0n) is 16.3. The molecule has 1 aromatic rings. The maximum Gasteiger partial charge on any atom is 0.191 e. The summed E-state index contributed by atoms with van der Waals surface area (Å²) in [7, 11) is 1.72. The Balaban J connectivity index is 1.70. The summed E-state index contributed by atoms with van der Waals surface area (Å²) in [5.41, 5.74) is 2.28. The highest BCUT2D eigenvalue weighted by molar-refractivity contribution is 7.99. The van der Waals surface area contributed by atoms with Gasteiger partial charge in [-0.2, -0.15) is 11.8 Å². The molecule has 3 atom stereocenters. The van der Waals surface area contributed by atoms with Crippen LogP contribution in [-0.2, 0) is 13.0 Å². The summed E-state index contributed by atoms with van der Waals surface area (Å²) in [5, 5.41) is 7.74. The van der Waals surface area contributed by atoms with Gasteiger partial charge < -0.3 is 20.1 Å². The van der Waals surface area contributed by atoms with Crippen LogP contribution in [0.1, 0.15) is 44.2 Å². The molecule has 1 fully saturated rings. The summed E-state index contributed by atoms with van der Waals surface area (Å²) in [6.45, 7) is 5.62. The molecular formula is C20H31N3O2S. The van der Waals surface area contributed by atoms with Gasteiger partial charge in [0.25, 0.3) is 0 Å². The number of thioether (sulfide) groups is 1. The van der Waals surface area contributed by atoms with E-state index in [0.29, 0.717) is 12.6 Å². The Labute approximate surface area is 161 Å². The number of aliphatic imine (C=N–C) groups is 1. The van der Waals surface area contributed by atoms with Crippen LogP contribution in [-0.4, -0.2) is 43.3 Å². The number of nitrogens with zero attached hydrogens (tertiary/aromatic N) is 1. The van der Waals surface area contributed by atoms with Crippen LogP contribution in [0.15, 0.2) is 17.1 Å². The lowest BCUT2D eigenvalue weighted by Crippen LogP contribution is -2.42. The summed E-state index contributed by atoms with van der Waals surface area (Å²) in [4.78, 5) is 4.80. The Morgan fingerprint density at radius 2 is 2.23 bits per heavy atom. The molecule has 144 valence electrons. The van der Waals surface area contributed by atoms with Crippen molar-refractivity contribution in [3.63, 3.8) is 0 Å². The SMILES string of the molecule is CCNC(=NCc1cc2c(cc1OC)CC(C)O2)NC1CCC(SC)C1. The molecular weight excluding hydrogens is 346 g/mol. The molecule has 26 heavy (non-hydrogen) atoms.